The molecule has 26 heavy (non-hydrogen) atoms. The second kappa shape index (κ2) is 7.24. The maximum absolute atomic E-state index is 13.6. The Hall–Kier alpha value is -2.75. The third-order valence-corrected chi connectivity index (χ3v) is 4.59. The first kappa shape index (κ1) is 18.1. The Morgan fingerprint density at radius 2 is 2.00 bits per heavy atom. The van der Waals surface area contributed by atoms with E-state index in [1.54, 1.807) is 18.3 Å². The quantitative estimate of drug-likeness (QED) is 0.777. The predicted molar refractivity (Wildman–Crippen MR) is 105 cm³/mol. The molecular weight excluding hydrogens is 327 g/mol. The Bertz CT molecular complexity index is 910. The molecule has 1 aromatic carbocycles. The third-order valence-electron chi connectivity index (χ3n) is 4.59. The van der Waals surface area contributed by atoms with Crippen LogP contribution in [0, 0.1) is 18.7 Å². The minimum Gasteiger partial charge on any atom is -0.310 e. The Morgan fingerprint density at radius 1 is 1.27 bits per heavy atom. The van der Waals surface area contributed by atoms with Gasteiger partial charge in [0.05, 0.1) is 0 Å². The maximum Gasteiger partial charge on any atom is 0.228 e. The van der Waals surface area contributed by atoms with E-state index in [1.807, 2.05) is 32.9 Å². The van der Waals surface area contributed by atoms with Gasteiger partial charge in [-0.25, -0.2) is 9.37 Å². The molecule has 1 heterocycles. The van der Waals surface area contributed by atoms with Gasteiger partial charge < -0.3 is 5.32 Å². The fourth-order valence-corrected chi connectivity index (χ4v) is 2.92. The fourth-order valence-electron chi connectivity index (χ4n) is 2.92. The molecule has 1 aliphatic rings. The number of aryl methyl sites for hydroxylation is 1. The summed E-state index contributed by atoms with van der Waals surface area (Å²) in [5, 5.41) is 2.87. The molecule has 1 fully saturated rings. The highest BCUT2D eigenvalue weighted by atomic mass is 19.1. The predicted octanol–water partition coefficient (Wildman–Crippen LogP) is 5.47. The van der Waals surface area contributed by atoms with E-state index >= 15 is 0 Å². The van der Waals surface area contributed by atoms with Crippen LogP contribution in [0.15, 0.2) is 37.0 Å². The van der Waals surface area contributed by atoms with Gasteiger partial charge in [0.1, 0.15) is 11.6 Å². The molecule has 2 aromatic rings. The van der Waals surface area contributed by atoms with E-state index < -0.39 is 0 Å². The first-order valence-electron chi connectivity index (χ1n) is 8.77. The lowest BCUT2D eigenvalue weighted by molar-refractivity contribution is -0.117. The van der Waals surface area contributed by atoms with Crippen molar-refractivity contribution < 1.29 is 9.18 Å². The molecular formula is C22H23FN2O. The second-order valence-electron chi connectivity index (χ2n) is 6.99. The molecule has 1 aliphatic carbocycles. The molecule has 0 radical (unpaired) electrons. The molecule has 1 saturated carbocycles. The number of hydrogen-bond donors (Lipinski definition) is 1. The van der Waals surface area contributed by atoms with Crippen molar-refractivity contribution in [3.05, 3.63) is 65.1 Å². The zero-order valence-corrected chi connectivity index (χ0v) is 15.4. The number of aromatic nitrogens is 1. The van der Waals surface area contributed by atoms with Gasteiger partial charge in [-0.3, -0.25) is 4.79 Å². The summed E-state index contributed by atoms with van der Waals surface area (Å²) >= 11 is 0. The molecule has 1 amide bonds. The van der Waals surface area contributed by atoms with E-state index in [0.717, 1.165) is 46.2 Å². The highest BCUT2D eigenvalue weighted by molar-refractivity contribution is 5.94. The molecule has 1 N–H and O–H groups in total. The number of hydrogen-bond acceptors (Lipinski definition) is 2. The van der Waals surface area contributed by atoms with Gasteiger partial charge in [0.2, 0.25) is 5.91 Å². The number of amides is 1. The minimum absolute atomic E-state index is 0.0278. The van der Waals surface area contributed by atoms with Gasteiger partial charge in [-0.2, -0.15) is 0 Å². The summed E-state index contributed by atoms with van der Waals surface area (Å²) in [6, 6.07) is 6.63. The van der Waals surface area contributed by atoms with Crippen molar-refractivity contribution in [3.63, 3.8) is 0 Å². The van der Waals surface area contributed by atoms with E-state index in [9.17, 15) is 9.18 Å². The van der Waals surface area contributed by atoms with Crippen LogP contribution in [0.3, 0.4) is 0 Å². The average molecular weight is 350 g/mol. The van der Waals surface area contributed by atoms with Crippen LogP contribution >= 0.6 is 0 Å². The first-order chi connectivity index (χ1) is 12.3. The molecule has 0 spiro atoms. The van der Waals surface area contributed by atoms with Crippen molar-refractivity contribution in [2.75, 3.05) is 5.32 Å². The van der Waals surface area contributed by atoms with E-state index in [-0.39, 0.29) is 17.6 Å². The average Bonchev–Trinajstić information content (AvgIpc) is 3.43. The number of nitrogens with one attached hydrogen (secondary N) is 1. The Balaban J connectivity index is 1.94. The molecule has 1 aromatic heterocycles. The normalized spacial score (nSPS) is 14.2. The summed E-state index contributed by atoms with van der Waals surface area (Å²) in [7, 11) is 0. The fraction of sp³-hybridized carbons (Fsp3) is 0.273. The van der Waals surface area contributed by atoms with Crippen LogP contribution in [-0.4, -0.2) is 10.9 Å². The highest BCUT2D eigenvalue weighted by Crippen LogP contribution is 2.31. The molecule has 0 unspecified atom stereocenters. The van der Waals surface area contributed by atoms with Crippen molar-refractivity contribution in [3.8, 4) is 0 Å². The molecule has 3 rings (SSSR count). The van der Waals surface area contributed by atoms with Crippen LogP contribution in [0.25, 0.3) is 17.2 Å². The van der Waals surface area contributed by atoms with Gasteiger partial charge in [-0.05, 0) is 80.2 Å². The first-order valence-corrected chi connectivity index (χ1v) is 8.77. The van der Waals surface area contributed by atoms with Crippen LogP contribution in [-0.2, 0) is 4.79 Å². The lowest BCUT2D eigenvalue weighted by Gasteiger charge is -2.12. The zero-order valence-electron chi connectivity index (χ0n) is 15.4. The SMILES string of the molecule is C=C(C)c1cc(NC(=O)C2CC2)ncc1/C=C(\C)c1cc(F)ccc1C. The summed E-state index contributed by atoms with van der Waals surface area (Å²) in [5.74, 6) is 0.439. The molecule has 134 valence electrons. The molecule has 0 bridgehead atoms. The Kier molecular flexibility index (Phi) is 5.03. The topological polar surface area (TPSA) is 42.0 Å². The van der Waals surface area contributed by atoms with E-state index in [2.05, 4.69) is 16.9 Å². The van der Waals surface area contributed by atoms with Gasteiger partial charge in [0.25, 0.3) is 0 Å². The molecule has 0 saturated heterocycles. The van der Waals surface area contributed by atoms with Crippen LogP contribution in [0.4, 0.5) is 10.2 Å². The van der Waals surface area contributed by atoms with Crippen molar-refractivity contribution in [2.24, 2.45) is 5.92 Å². The smallest absolute Gasteiger partial charge is 0.228 e. The van der Waals surface area contributed by atoms with Gasteiger partial charge >= 0.3 is 0 Å². The zero-order chi connectivity index (χ0) is 18.8. The summed E-state index contributed by atoms with van der Waals surface area (Å²) in [4.78, 5) is 16.3. The third kappa shape index (κ3) is 4.07. The van der Waals surface area contributed by atoms with Crippen LogP contribution in [0.1, 0.15) is 48.9 Å². The van der Waals surface area contributed by atoms with Crippen molar-refractivity contribution in [1.29, 1.82) is 0 Å². The van der Waals surface area contributed by atoms with Crippen LogP contribution in [0.5, 0.6) is 0 Å². The van der Waals surface area contributed by atoms with Gasteiger partial charge in [0.15, 0.2) is 0 Å². The number of carbonyl (C=O) groups excluding carboxylic acids is 1. The van der Waals surface area contributed by atoms with Crippen LogP contribution < -0.4 is 5.32 Å². The standard InChI is InChI=1S/C22H23FN2O/c1-13(2)19-11-21(25-22(26)16-6-7-16)24-12-17(19)9-15(4)20-10-18(23)8-5-14(20)3/h5,8-12,16H,1,6-7H2,2-4H3,(H,24,25,26)/b15-9+. The summed E-state index contributed by atoms with van der Waals surface area (Å²) < 4.78 is 13.6. The summed E-state index contributed by atoms with van der Waals surface area (Å²) in [6.45, 7) is 9.86. The Labute approximate surface area is 153 Å². The number of rotatable bonds is 5. The van der Waals surface area contributed by atoms with Crippen molar-refractivity contribution in [1.82, 2.24) is 4.98 Å². The highest BCUT2D eigenvalue weighted by Gasteiger charge is 2.29. The van der Waals surface area contributed by atoms with Crippen LogP contribution in [0.2, 0.25) is 0 Å². The number of benzene rings is 1. The van der Waals surface area contributed by atoms with E-state index in [4.69, 9.17) is 0 Å². The lowest BCUT2D eigenvalue weighted by atomic mass is 9.97. The lowest BCUT2D eigenvalue weighted by Crippen LogP contribution is -2.14. The molecule has 0 atom stereocenters. The van der Waals surface area contributed by atoms with Gasteiger partial charge in [-0.1, -0.05) is 18.2 Å². The minimum atomic E-state index is -0.255. The molecule has 4 heteroatoms. The number of carbonyl (C=O) groups is 1. The summed E-state index contributed by atoms with van der Waals surface area (Å²) in [5.41, 5.74) is 5.51. The van der Waals surface area contributed by atoms with E-state index in [1.165, 1.54) is 6.07 Å². The number of nitrogens with zero attached hydrogens (tertiary/aromatic N) is 1. The van der Waals surface area contributed by atoms with Crippen molar-refractivity contribution >= 4 is 28.9 Å². The number of pyridine rings is 1. The summed E-state index contributed by atoms with van der Waals surface area (Å²) in [6.07, 6.45) is 5.61. The van der Waals surface area contributed by atoms with Gasteiger partial charge in [0, 0.05) is 17.7 Å². The monoisotopic (exact) mass is 350 g/mol. The number of halogens is 1. The van der Waals surface area contributed by atoms with Crippen molar-refractivity contribution in [2.45, 2.75) is 33.6 Å². The number of anilines is 1. The Morgan fingerprint density at radius 3 is 2.65 bits per heavy atom. The largest absolute Gasteiger partial charge is 0.310 e. The number of allylic oxidation sites excluding steroid dienone is 2. The molecule has 0 aliphatic heterocycles. The van der Waals surface area contributed by atoms with E-state index in [0.29, 0.717) is 5.82 Å². The maximum atomic E-state index is 13.6. The second-order valence-corrected chi connectivity index (χ2v) is 6.99. The molecule has 3 nitrogen and oxygen atoms in total. The van der Waals surface area contributed by atoms with Gasteiger partial charge in [-0.15, -0.1) is 0 Å².